The molecule has 0 aliphatic carbocycles. The Morgan fingerprint density at radius 3 is 2.89 bits per heavy atom. The predicted octanol–water partition coefficient (Wildman–Crippen LogP) is 2.70. The number of hydrogen-bond donors (Lipinski definition) is 1. The molecular weight excluding hydrogens is 242 g/mol. The Balaban J connectivity index is 2.01. The molecule has 0 amide bonds. The summed E-state index contributed by atoms with van der Waals surface area (Å²) < 4.78 is 7.48. The minimum atomic E-state index is 0.470. The molecule has 2 heterocycles. The van der Waals surface area contributed by atoms with Crippen molar-refractivity contribution in [2.75, 3.05) is 11.9 Å². The number of aryl methyl sites for hydroxylation is 1. The van der Waals surface area contributed by atoms with Crippen molar-refractivity contribution in [3.63, 3.8) is 0 Å². The van der Waals surface area contributed by atoms with Crippen LogP contribution in [-0.4, -0.2) is 26.3 Å². The van der Waals surface area contributed by atoms with Gasteiger partial charge < -0.3 is 10.1 Å². The van der Waals surface area contributed by atoms with Gasteiger partial charge >= 0.3 is 0 Å². The van der Waals surface area contributed by atoms with Gasteiger partial charge in [-0.2, -0.15) is 10.1 Å². The van der Waals surface area contributed by atoms with Crippen molar-refractivity contribution in [3.05, 3.63) is 24.8 Å². The highest BCUT2D eigenvalue weighted by atomic mass is 16.5. The molecule has 19 heavy (non-hydrogen) atoms. The Hall–Kier alpha value is -2.11. The second-order valence-electron chi connectivity index (χ2n) is 4.21. The lowest BCUT2D eigenvalue weighted by atomic mass is 10.5. The van der Waals surface area contributed by atoms with Crippen molar-refractivity contribution in [3.8, 4) is 11.6 Å². The molecule has 0 aromatic carbocycles. The number of nitrogens with one attached hydrogen (secondary N) is 1. The van der Waals surface area contributed by atoms with Crippen molar-refractivity contribution < 1.29 is 4.74 Å². The first-order valence-electron chi connectivity index (χ1n) is 6.58. The first kappa shape index (κ1) is 13.3. The molecule has 0 aliphatic rings. The number of ether oxygens (including phenoxy) is 1. The highest BCUT2D eigenvalue weighted by molar-refractivity contribution is 5.34. The smallest absolute Gasteiger partial charge is 0.239 e. The average Bonchev–Trinajstić information content (AvgIpc) is 2.85. The van der Waals surface area contributed by atoms with Crippen molar-refractivity contribution >= 4 is 5.82 Å². The summed E-state index contributed by atoms with van der Waals surface area (Å²) in [5.74, 6) is 1.87. The topological polar surface area (TPSA) is 64.9 Å². The van der Waals surface area contributed by atoms with Gasteiger partial charge in [0, 0.05) is 13.1 Å². The molecule has 2 aromatic rings. The van der Waals surface area contributed by atoms with Gasteiger partial charge in [-0.05, 0) is 12.8 Å². The van der Waals surface area contributed by atoms with E-state index in [2.05, 4.69) is 34.2 Å². The zero-order valence-corrected chi connectivity index (χ0v) is 11.3. The molecule has 0 saturated carbocycles. The summed E-state index contributed by atoms with van der Waals surface area (Å²) >= 11 is 0. The zero-order valence-electron chi connectivity index (χ0n) is 11.3. The van der Waals surface area contributed by atoms with Crippen LogP contribution in [0.1, 0.15) is 26.7 Å². The Labute approximate surface area is 112 Å². The van der Waals surface area contributed by atoms with E-state index in [0.29, 0.717) is 11.6 Å². The third-order valence-corrected chi connectivity index (χ3v) is 2.45. The third kappa shape index (κ3) is 3.94. The molecule has 1 N–H and O–H groups in total. The van der Waals surface area contributed by atoms with Gasteiger partial charge in [-0.3, -0.25) is 9.67 Å². The number of anilines is 1. The van der Waals surface area contributed by atoms with E-state index in [9.17, 15) is 0 Å². The molecule has 0 atom stereocenters. The Kier molecular flexibility index (Phi) is 4.72. The molecule has 0 saturated heterocycles. The second-order valence-corrected chi connectivity index (χ2v) is 4.21. The Morgan fingerprint density at radius 1 is 1.21 bits per heavy atom. The zero-order chi connectivity index (χ0) is 13.5. The SMILES string of the molecule is CCCNc1cncc(Oc2cnn(CCC)c2)n1. The number of rotatable bonds is 7. The first-order chi connectivity index (χ1) is 9.31. The monoisotopic (exact) mass is 261 g/mol. The van der Waals surface area contributed by atoms with Crippen LogP contribution in [0.3, 0.4) is 0 Å². The lowest BCUT2D eigenvalue weighted by Crippen LogP contribution is -2.02. The maximum atomic E-state index is 5.63. The van der Waals surface area contributed by atoms with Crippen LogP contribution in [0.4, 0.5) is 5.82 Å². The van der Waals surface area contributed by atoms with E-state index in [0.717, 1.165) is 31.7 Å². The van der Waals surface area contributed by atoms with E-state index >= 15 is 0 Å². The quantitative estimate of drug-likeness (QED) is 0.830. The van der Waals surface area contributed by atoms with Crippen LogP contribution in [-0.2, 0) is 6.54 Å². The molecule has 2 aromatic heterocycles. The van der Waals surface area contributed by atoms with E-state index in [1.807, 2.05) is 10.9 Å². The average molecular weight is 261 g/mol. The summed E-state index contributed by atoms with van der Waals surface area (Å²) in [6.45, 7) is 5.96. The summed E-state index contributed by atoms with van der Waals surface area (Å²) in [6.07, 6.45) is 8.89. The summed E-state index contributed by atoms with van der Waals surface area (Å²) in [4.78, 5) is 8.43. The fraction of sp³-hybridized carbons (Fsp3) is 0.462. The normalized spacial score (nSPS) is 10.4. The first-order valence-corrected chi connectivity index (χ1v) is 6.58. The lowest BCUT2D eigenvalue weighted by molar-refractivity contribution is 0.459. The molecule has 0 fully saturated rings. The van der Waals surface area contributed by atoms with Crippen LogP contribution in [0.2, 0.25) is 0 Å². The molecule has 6 nitrogen and oxygen atoms in total. The standard InChI is InChI=1S/C13H19N5O/c1-3-5-15-12-8-14-9-13(17-12)19-11-7-16-18(10-11)6-4-2/h7-10H,3-6H2,1-2H3,(H,15,17). The van der Waals surface area contributed by atoms with E-state index in [-0.39, 0.29) is 0 Å². The molecule has 2 rings (SSSR count). The number of nitrogens with zero attached hydrogens (tertiary/aromatic N) is 4. The largest absolute Gasteiger partial charge is 0.434 e. The van der Waals surface area contributed by atoms with E-state index in [1.165, 1.54) is 0 Å². The van der Waals surface area contributed by atoms with Gasteiger partial charge in [-0.1, -0.05) is 13.8 Å². The van der Waals surface area contributed by atoms with Gasteiger partial charge in [-0.15, -0.1) is 0 Å². The maximum Gasteiger partial charge on any atom is 0.239 e. The van der Waals surface area contributed by atoms with Crippen molar-refractivity contribution in [1.29, 1.82) is 0 Å². The summed E-state index contributed by atoms with van der Waals surface area (Å²) in [7, 11) is 0. The van der Waals surface area contributed by atoms with Gasteiger partial charge in [0.25, 0.3) is 0 Å². The predicted molar refractivity (Wildman–Crippen MR) is 73.4 cm³/mol. The Bertz CT molecular complexity index is 511. The van der Waals surface area contributed by atoms with Gasteiger partial charge in [0.05, 0.1) is 24.8 Å². The van der Waals surface area contributed by atoms with Crippen LogP contribution in [0, 0.1) is 0 Å². The summed E-state index contributed by atoms with van der Waals surface area (Å²) in [6, 6.07) is 0. The van der Waals surface area contributed by atoms with Crippen molar-refractivity contribution in [1.82, 2.24) is 19.7 Å². The molecule has 0 aliphatic heterocycles. The fourth-order valence-electron chi connectivity index (χ4n) is 1.60. The lowest BCUT2D eigenvalue weighted by Gasteiger charge is -2.05. The molecule has 0 unspecified atom stereocenters. The highest BCUT2D eigenvalue weighted by Crippen LogP contribution is 2.18. The van der Waals surface area contributed by atoms with Gasteiger partial charge in [0.1, 0.15) is 5.82 Å². The van der Waals surface area contributed by atoms with Crippen molar-refractivity contribution in [2.45, 2.75) is 33.2 Å². The summed E-state index contributed by atoms with van der Waals surface area (Å²) in [5, 5.41) is 7.37. The summed E-state index contributed by atoms with van der Waals surface area (Å²) in [5.41, 5.74) is 0. The van der Waals surface area contributed by atoms with E-state index < -0.39 is 0 Å². The van der Waals surface area contributed by atoms with E-state index in [1.54, 1.807) is 18.6 Å². The second kappa shape index (κ2) is 6.72. The van der Waals surface area contributed by atoms with Gasteiger partial charge in [-0.25, -0.2) is 0 Å². The minimum Gasteiger partial charge on any atom is -0.434 e. The minimum absolute atomic E-state index is 0.470. The van der Waals surface area contributed by atoms with Crippen LogP contribution in [0.25, 0.3) is 0 Å². The molecule has 6 heteroatoms. The number of aromatic nitrogens is 4. The molecule has 0 radical (unpaired) electrons. The van der Waals surface area contributed by atoms with Crippen LogP contribution >= 0.6 is 0 Å². The molecule has 0 spiro atoms. The van der Waals surface area contributed by atoms with Gasteiger partial charge in [0.2, 0.25) is 5.88 Å². The molecule has 102 valence electrons. The van der Waals surface area contributed by atoms with Gasteiger partial charge in [0.15, 0.2) is 5.75 Å². The van der Waals surface area contributed by atoms with Crippen LogP contribution < -0.4 is 10.1 Å². The third-order valence-electron chi connectivity index (χ3n) is 2.45. The molecular formula is C13H19N5O. The number of hydrogen-bond acceptors (Lipinski definition) is 5. The maximum absolute atomic E-state index is 5.63. The highest BCUT2D eigenvalue weighted by Gasteiger charge is 2.03. The van der Waals surface area contributed by atoms with Crippen molar-refractivity contribution in [2.24, 2.45) is 0 Å². The van der Waals surface area contributed by atoms with Crippen LogP contribution in [0.15, 0.2) is 24.8 Å². The van der Waals surface area contributed by atoms with E-state index in [4.69, 9.17) is 4.74 Å². The Morgan fingerprint density at radius 2 is 2.11 bits per heavy atom. The fourth-order valence-corrected chi connectivity index (χ4v) is 1.60. The molecule has 0 bridgehead atoms. The van der Waals surface area contributed by atoms with Crippen LogP contribution in [0.5, 0.6) is 11.6 Å².